The van der Waals surface area contributed by atoms with E-state index in [9.17, 15) is 13.6 Å². The number of carbonyl (C=O) groups is 1. The highest BCUT2D eigenvalue weighted by Gasteiger charge is 2.27. The Morgan fingerprint density at radius 1 is 1.26 bits per heavy atom. The minimum absolute atomic E-state index is 0.00141. The van der Waals surface area contributed by atoms with Gasteiger partial charge < -0.3 is 4.90 Å². The van der Waals surface area contributed by atoms with Crippen molar-refractivity contribution in [2.45, 2.75) is 31.7 Å². The van der Waals surface area contributed by atoms with Gasteiger partial charge in [0.15, 0.2) is 0 Å². The fourth-order valence-corrected chi connectivity index (χ4v) is 2.50. The van der Waals surface area contributed by atoms with Gasteiger partial charge in [0, 0.05) is 17.7 Å². The Bertz CT molecular complexity index is 498. The Balaban J connectivity index is 2.25. The van der Waals surface area contributed by atoms with E-state index < -0.39 is 17.5 Å². The molecule has 0 saturated heterocycles. The average Bonchev–Trinajstić information content (AvgIpc) is 2.87. The van der Waals surface area contributed by atoms with Crippen LogP contribution >= 0.6 is 0 Å². The summed E-state index contributed by atoms with van der Waals surface area (Å²) in [6.07, 6.45) is 3.70. The first kappa shape index (κ1) is 13.5. The van der Waals surface area contributed by atoms with Gasteiger partial charge in [0.25, 0.3) is 5.91 Å². The molecular formula is C14H14F2N2O. The maximum Gasteiger partial charge on any atom is 0.255 e. The van der Waals surface area contributed by atoms with Crippen molar-refractivity contribution in [2.24, 2.45) is 0 Å². The maximum absolute atomic E-state index is 13.1. The summed E-state index contributed by atoms with van der Waals surface area (Å²) in [5, 5.41) is 8.81. The molecule has 0 aromatic heterocycles. The quantitative estimate of drug-likeness (QED) is 0.788. The van der Waals surface area contributed by atoms with Crippen molar-refractivity contribution in [2.75, 3.05) is 6.54 Å². The molecule has 2 rings (SSSR count). The van der Waals surface area contributed by atoms with Gasteiger partial charge in [0.1, 0.15) is 18.2 Å². The lowest BCUT2D eigenvalue weighted by Gasteiger charge is -2.26. The van der Waals surface area contributed by atoms with Crippen LogP contribution in [0.2, 0.25) is 0 Å². The van der Waals surface area contributed by atoms with Gasteiger partial charge in [-0.1, -0.05) is 12.8 Å². The third-order valence-electron chi connectivity index (χ3n) is 3.38. The van der Waals surface area contributed by atoms with Gasteiger partial charge in [0.2, 0.25) is 0 Å². The van der Waals surface area contributed by atoms with Crippen LogP contribution in [0.25, 0.3) is 0 Å². The zero-order valence-electron chi connectivity index (χ0n) is 10.4. The molecule has 5 heteroatoms. The van der Waals surface area contributed by atoms with Crippen molar-refractivity contribution in [3.8, 4) is 6.07 Å². The van der Waals surface area contributed by atoms with Crippen LogP contribution in [-0.4, -0.2) is 23.4 Å². The highest BCUT2D eigenvalue weighted by Crippen LogP contribution is 2.25. The van der Waals surface area contributed by atoms with E-state index in [1.165, 1.54) is 4.90 Å². The molecule has 100 valence electrons. The largest absolute Gasteiger partial charge is 0.322 e. The molecule has 1 aliphatic carbocycles. The summed E-state index contributed by atoms with van der Waals surface area (Å²) in [5.41, 5.74) is -0.0420. The van der Waals surface area contributed by atoms with Crippen LogP contribution in [-0.2, 0) is 0 Å². The molecule has 1 amide bonds. The molecule has 1 aromatic rings. The summed E-state index contributed by atoms with van der Waals surface area (Å²) in [6.45, 7) is -0.0539. The monoisotopic (exact) mass is 264 g/mol. The predicted octanol–water partition coefficient (Wildman–Crippen LogP) is 2.87. The summed E-state index contributed by atoms with van der Waals surface area (Å²) >= 11 is 0. The van der Waals surface area contributed by atoms with Crippen LogP contribution in [0.15, 0.2) is 18.2 Å². The van der Waals surface area contributed by atoms with E-state index in [0.29, 0.717) is 0 Å². The summed E-state index contributed by atoms with van der Waals surface area (Å²) in [7, 11) is 0. The molecule has 19 heavy (non-hydrogen) atoms. The highest BCUT2D eigenvalue weighted by molar-refractivity contribution is 5.94. The molecule has 1 aromatic carbocycles. The molecule has 0 atom stereocenters. The lowest BCUT2D eigenvalue weighted by atomic mass is 10.1. The average molecular weight is 264 g/mol. The smallest absolute Gasteiger partial charge is 0.255 e. The Morgan fingerprint density at radius 3 is 2.37 bits per heavy atom. The molecule has 1 aliphatic rings. The lowest BCUT2D eigenvalue weighted by molar-refractivity contribution is 0.0708. The molecular weight excluding hydrogens is 250 g/mol. The van der Waals surface area contributed by atoms with E-state index >= 15 is 0 Å². The van der Waals surface area contributed by atoms with Gasteiger partial charge in [-0.3, -0.25) is 4.79 Å². The Morgan fingerprint density at radius 2 is 1.84 bits per heavy atom. The first-order valence-electron chi connectivity index (χ1n) is 6.26. The molecule has 0 spiro atoms. The zero-order valence-corrected chi connectivity index (χ0v) is 10.4. The summed E-state index contributed by atoms with van der Waals surface area (Å²) in [6, 6.07) is 4.67. The van der Waals surface area contributed by atoms with Crippen LogP contribution in [0.4, 0.5) is 8.78 Å². The van der Waals surface area contributed by atoms with Crippen LogP contribution in [0, 0.1) is 23.0 Å². The molecule has 1 saturated carbocycles. The van der Waals surface area contributed by atoms with E-state index in [2.05, 4.69) is 0 Å². The molecule has 1 fully saturated rings. The summed E-state index contributed by atoms with van der Waals surface area (Å²) in [4.78, 5) is 13.7. The van der Waals surface area contributed by atoms with E-state index in [4.69, 9.17) is 5.26 Å². The van der Waals surface area contributed by atoms with Gasteiger partial charge in [-0.25, -0.2) is 8.78 Å². The fraction of sp³-hybridized carbons (Fsp3) is 0.429. The van der Waals surface area contributed by atoms with Gasteiger partial charge in [-0.15, -0.1) is 0 Å². The first-order valence-corrected chi connectivity index (χ1v) is 6.26. The van der Waals surface area contributed by atoms with Crippen LogP contribution in [0.3, 0.4) is 0 Å². The second kappa shape index (κ2) is 5.79. The van der Waals surface area contributed by atoms with Crippen molar-refractivity contribution in [1.29, 1.82) is 5.26 Å². The molecule has 0 bridgehead atoms. The van der Waals surface area contributed by atoms with Crippen molar-refractivity contribution < 1.29 is 13.6 Å². The predicted molar refractivity (Wildman–Crippen MR) is 65.3 cm³/mol. The van der Waals surface area contributed by atoms with Gasteiger partial charge in [-0.05, 0) is 25.0 Å². The van der Waals surface area contributed by atoms with E-state index in [-0.39, 0.29) is 18.2 Å². The molecule has 0 N–H and O–H groups in total. The maximum atomic E-state index is 13.1. The number of nitrogens with zero attached hydrogens (tertiary/aromatic N) is 2. The van der Waals surface area contributed by atoms with Gasteiger partial charge in [-0.2, -0.15) is 5.26 Å². The van der Waals surface area contributed by atoms with Crippen LogP contribution in [0.1, 0.15) is 36.0 Å². The normalized spacial score (nSPS) is 15.2. The topological polar surface area (TPSA) is 44.1 Å². The Labute approximate surface area is 110 Å². The minimum atomic E-state index is -0.785. The summed E-state index contributed by atoms with van der Waals surface area (Å²) in [5.74, 6) is -2.05. The highest BCUT2D eigenvalue weighted by atomic mass is 19.1. The standard InChI is InChI=1S/C14H14F2N2O/c15-11-7-10(8-12(16)9-11)14(19)18(6-5-17)13-3-1-2-4-13/h7-9,13H,1-4,6H2. The SMILES string of the molecule is N#CCN(C(=O)c1cc(F)cc(F)c1)C1CCCC1. The number of nitriles is 1. The number of hydrogen-bond acceptors (Lipinski definition) is 2. The van der Waals surface area contributed by atoms with Gasteiger partial charge >= 0.3 is 0 Å². The number of benzene rings is 1. The number of hydrogen-bond donors (Lipinski definition) is 0. The van der Waals surface area contributed by atoms with Crippen molar-refractivity contribution in [1.82, 2.24) is 4.90 Å². The Hall–Kier alpha value is -1.96. The summed E-state index contributed by atoms with van der Waals surface area (Å²) < 4.78 is 26.3. The first-order chi connectivity index (χ1) is 9.11. The fourth-order valence-electron chi connectivity index (χ4n) is 2.50. The van der Waals surface area contributed by atoms with Crippen LogP contribution in [0.5, 0.6) is 0 Å². The number of carbonyl (C=O) groups excluding carboxylic acids is 1. The zero-order chi connectivity index (χ0) is 13.8. The molecule has 0 radical (unpaired) electrons. The molecule has 0 aliphatic heterocycles. The third-order valence-corrected chi connectivity index (χ3v) is 3.38. The second-order valence-corrected chi connectivity index (χ2v) is 4.69. The number of halogens is 2. The number of rotatable bonds is 3. The van der Waals surface area contributed by atoms with E-state index in [1.807, 2.05) is 6.07 Å². The van der Waals surface area contributed by atoms with E-state index in [0.717, 1.165) is 43.9 Å². The third kappa shape index (κ3) is 3.08. The van der Waals surface area contributed by atoms with Crippen molar-refractivity contribution in [3.05, 3.63) is 35.4 Å². The molecule has 0 heterocycles. The molecule has 0 unspecified atom stereocenters. The second-order valence-electron chi connectivity index (χ2n) is 4.69. The van der Waals surface area contributed by atoms with Crippen LogP contribution < -0.4 is 0 Å². The van der Waals surface area contributed by atoms with E-state index in [1.54, 1.807) is 0 Å². The minimum Gasteiger partial charge on any atom is -0.322 e. The van der Waals surface area contributed by atoms with Crippen molar-refractivity contribution in [3.63, 3.8) is 0 Å². The number of amides is 1. The Kier molecular flexibility index (Phi) is 4.10. The molecule has 3 nitrogen and oxygen atoms in total. The van der Waals surface area contributed by atoms with Gasteiger partial charge in [0.05, 0.1) is 6.07 Å². The van der Waals surface area contributed by atoms with Crippen molar-refractivity contribution >= 4 is 5.91 Å². The lowest BCUT2D eigenvalue weighted by Crippen LogP contribution is -2.39.